The van der Waals surface area contributed by atoms with Gasteiger partial charge in [-0.25, -0.2) is 4.98 Å². The van der Waals surface area contributed by atoms with E-state index >= 15 is 0 Å². The predicted molar refractivity (Wildman–Crippen MR) is 127 cm³/mol. The van der Waals surface area contributed by atoms with Crippen LogP contribution in [0, 0.1) is 17.0 Å². The Morgan fingerprint density at radius 3 is 2.54 bits per heavy atom. The molecule has 12 nitrogen and oxygen atoms in total. The lowest BCUT2D eigenvalue weighted by Gasteiger charge is -2.12. The number of carbonyl (C=O) groups excluding carboxylic acids is 2. The van der Waals surface area contributed by atoms with Gasteiger partial charge >= 0.3 is 12.0 Å². The number of aromatic nitrogens is 5. The van der Waals surface area contributed by atoms with E-state index in [2.05, 4.69) is 20.5 Å². The molecule has 37 heavy (non-hydrogen) atoms. The SMILES string of the molecule is CCn1cc(-c2cc(C(F)(F)F)nc3sc(C(N)=O)c(NC(=O)CCn4ccc([N+](=O)[O-])n4)c23)c(C)n1. The number of nitrogens with zero attached hydrogens (tertiary/aromatic N) is 6. The minimum Gasteiger partial charge on any atom is -0.365 e. The number of carbonyl (C=O) groups is 2. The molecular formula is C21H19F3N8O4S. The third kappa shape index (κ3) is 5.13. The van der Waals surface area contributed by atoms with Gasteiger partial charge in [-0.05, 0) is 30.4 Å². The second-order valence-electron chi connectivity index (χ2n) is 7.88. The molecule has 0 aliphatic rings. The van der Waals surface area contributed by atoms with Gasteiger partial charge in [0.05, 0.1) is 35.3 Å². The normalized spacial score (nSPS) is 11.7. The van der Waals surface area contributed by atoms with Crippen molar-refractivity contribution in [2.45, 2.75) is 39.5 Å². The zero-order valence-corrected chi connectivity index (χ0v) is 20.2. The van der Waals surface area contributed by atoms with Gasteiger partial charge in [-0.15, -0.1) is 11.3 Å². The summed E-state index contributed by atoms with van der Waals surface area (Å²) in [4.78, 5) is 38.5. The Morgan fingerprint density at radius 1 is 1.24 bits per heavy atom. The van der Waals surface area contributed by atoms with Crippen molar-refractivity contribution in [1.82, 2.24) is 24.5 Å². The largest absolute Gasteiger partial charge is 0.433 e. The highest BCUT2D eigenvalue weighted by atomic mass is 32.1. The van der Waals surface area contributed by atoms with Crippen LogP contribution in [0.5, 0.6) is 0 Å². The Kier molecular flexibility index (Phi) is 6.68. The van der Waals surface area contributed by atoms with Crippen molar-refractivity contribution in [3.8, 4) is 11.1 Å². The maximum absolute atomic E-state index is 13.7. The molecule has 16 heteroatoms. The Labute approximate surface area is 210 Å². The summed E-state index contributed by atoms with van der Waals surface area (Å²) >= 11 is 0.632. The first-order valence-electron chi connectivity index (χ1n) is 10.8. The van der Waals surface area contributed by atoms with Gasteiger partial charge < -0.3 is 21.2 Å². The van der Waals surface area contributed by atoms with Crippen LogP contribution < -0.4 is 11.1 Å². The maximum atomic E-state index is 13.7. The van der Waals surface area contributed by atoms with Crippen molar-refractivity contribution in [1.29, 1.82) is 0 Å². The number of fused-ring (bicyclic) bond motifs is 1. The fourth-order valence-electron chi connectivity index (χ4n) is 3.68. The summed E-state index contributed by atoms with van der Waals surface area (Å²) in [5, 5.41) is 21.5. The molecule has 0 atom stereocenters. The summed E-state index contributed by atoms with van der Waals surface area (Å²) in [6.45, 7) is 3.88. The van der Waals surface area contributed by atoms with E-state index in [4.69, 9.17) is 5.73 Å². The van der Waals surface area contributed by atoms with E-state index in [1.54, 1.807) is 17.8 Å². The quantitative estimate of drug-likeness (QED) is 0.256. The molecular weight excluding hydrogens is 517 g/mol. The molecule has 0 aliphatic heterocycles. The van der Waals surface area contributed by atoms with Crippen LogP contribution in [0.3, 0.4) is 0 Å². The van der Waals surface area contributed by atoms with Crippen molar-refractivity contribution in [2.75, 3.05) is 5.32 Å². The minimum absolute atomic E-state index is 0.0284. The molecule has 0 saturated heterocycles. The first-order chi connectivity index (χ1) is 17.4. The van der Waals surface area contributed by atoms with Crippen LogP contribution in [-0.2, 0) is 24.1 Å². The average Bonchev–Trinajstić information content (AvgIpc) is 3.53. The number of halogens is 3. The molecule has 0 radical (unpaired) electrons. The van der Waals surface area contributed by atoms with Gasteiger partial charge in [-0.3, -0.25) is 14.3 Å². The van der Waals surface area contributed by atoms with E-state index in [1.807, 2.05) is 6.92 Å². The number of rotatable bonds is 8. The van der Waals surface area contributed by atoms with Crippen molar-refractivity contribution < 1.29 is 27.7 Å². The number of thiophene rings is 1. The van der Waals surface area contributed by atoms with Crippen molar-refractivity contribution >= 4 is 44.9 Å². The Bertz CT molecular complexity index is 1540. The van der Waals surface area contributed by atoms with Gasteiger partial charge in [-0.2, -0.15) is 23.0 Å². The van der Waals surface area contributed by atoms with Crippen LogP contribution in [0.2, 0.25) is 0 Å². The third-order valence-corrected chi connectivity index (χ3v) is 6.48. The molecule has 0 aliphatic carbocycles. The number of amides is 2. The molecule has 4 rings (SSSR count). The number of hydrogen-bond donors (Lipinski definition) is 2. The summed E-state index contributed by atoms with van der Waals surface area (Å²) in [5.41, 5.74) is 5.14. The van der Waals surface area contributed by atoms with E-state index in [0.717, 1.165) is 6.07 Å². The van der Waals surface area contributed by atoms with Crippen LogP contribution in [0.4, 0.5) is 24.7 Å². The van der Waals surface area contributed by atoms with Crippen LogP contribution in [0.25, 0.3) is 21.3 Å². The molecule has 4 aromatic rings. The van der Waals surface area contributed by atoms with Gasteiger partial charge in [-0.1, -0.05) is 0 Å². The molecule has 0 bridgehead atoms. The summed E-state index contributed by atoms with van der Waals surface area (Å²) in [6, 6.07) is 2.02. The fraction of sp³-hybridized carbons (Fsp3) is 0.286. The second kappa shape index (κ2) is 9.61. The third-order valence-electron chi connectivity index (χ3n) is 5.38. The monoisotopic (exact) mass is 536 g/mol. The zero-order chi connectivity index (χ0) is 27.1. The Balaban J connectivity index is 1.80. The summed E-state index contributed by atoms with van der Waals surface area (Å²) in [5.74, 6) is -1.96. The lowest BCUT2D eigenvalue weighted by atomic mass is 10.0. The highest BCUT2D eigenvalue weighted by Crippen LogP contribution is 2.44. The standard InChI is InChI=1S/C21H19F3N8O4S/c1-3-30-9-12(10(2)28-30)11-8-13(21(22,23)24)26-20-16(11)17(18(37-20)19(25)34)27-15(33)5-7-31-6-4-14(29-31)32(35)36/h4,6,8-9H,3,5,7H2,1-2H3,(H2,25,34)(H,27,33). The van der Waals surface area contributed by atoms with Crippen LogP contribution in [0.15, 0.2) is 24.5 Å². The lowest BCUT2D eigenvalue weighted by Crippen LogP contribution is -2.18. The number of hydrogen-bond acceptors (Lipinski definition) is 8. The summed E-state index contributed by atoms with van der Waals surface area (Å²) in [6.07, 6.45) is -2.08. The van der Waals surface area contributed by atoms with Crippen molar-refractivity contribution in [3.05, 3.63) is 50.9 Å². The van der Waals surface area contributed by atoms with Gasteiger partial charge in [0.1, 0.15) is 15.4 Å². The molecule has 0 fully saturated rings. The maximum Gasteiger partial charge on any atom is 0.433 e. The zero-order valence-electron chi connectivity index (χ0n) is 19.4. The van der Waals surface area contributed by atoms with E-state index in [1.165, 1.54) is 16.9 Å². The molecule has 0 unspecified atom stereocenters. The topological polar surface area (TPSA) is 164 Å². The lowest BCUT2D eigenvalue weighted by molar-refractivity contribution is -0.389. The van der Waals surface area contributed by atoms with Crippen molar-refractivity contribution in [2.24, 2.45) is 5.73 Å². The van der Waals surface area contributed by atoms with E-state index in [0.29, 0.717) is 29.1 Å². The number of primary amides is 1. The molecule has 4 aromatic heterocycles. The van der Waals surface area contributed by atoms with E-state index in [-0.39, 0.29) is 45.1 Å². The fourth-order valence-corrected chi connectivity index (χ4v) is 4.69. The minimum atomic E-state index is -4.77. The van der Waals surface area contributed by atoms with E-state index in [9.17, 15) is 32.9 Å². The van der Waals surface area contributed by atoms with Crippen molar-refractivity contribution in [3.63, 3.8) is 0 Å². The predicted octanol–water partition coefficient (Wildman–Crippen LogP) is 3.74. The average molecular weight is 536 g/mol. The summed E-state index contributed by atoms with van der Waals surface area (Å²) in [7, 11) is 0. The molecule has 0 saturated carbocycles. The van der Waals surface area contributed by atoms with Crippen LogP contribution in [-0.4, -0.2) is 41.3 Å². The highest BCUT2D eigenvalue weighted by molar-refractivity contribution is 7.21. The number of anilines is 1. The van der Waals surface area contributed by atoms with E-state index < -0.39 is 28.6 Å². The molecule has 0 spiro atoms. The molecule has 2 amide bonds. The number of nitrogens with two attached hydrogens (primary N) is 1. The van der Waals surface area contributed by atoms with Gasteiger partial charge in [0.2, 0.25) is 5.91 Å². The second-order valence-corrected chi connectivity index (χ2v) is 8.88. The van der Waals surface area contributed by atoms with Gasteiger partial charge in [0, 0.05) is 30.1 Å². The smallest absolute Gasteiger partial charge is 0.365 e. The Hall–Kier alpha value is -4.34. The number of nitrogens with one attached hydrogen (secondary N) is 1. The molecule has 4 heterocycles. The molecule has 3 N–H and O–H groups in total. The number of aryl methyl sites for hydroxylation is 3. The van der Waals surface area contributed by atoms with Gasteiger partial charge in [0.15, 0.2) is 0 Å². The van der Waals surface area contributed by atoms with Crippen LogP contribution >= 0.6 is 11.3 Å². The van der Waals surface area contributed by atoms with Gasteiger partial charge in [0.25, 0.3) is 5.91 Å². The number of pyridine rings is 1. The molecule has 0 aromatic carbocycles. The van der Waals surface area contributed by atoms with Crippen LogP contribution in [0.1, 0.15) is 34.4 Å². The Morgan fingerprint density at radius 2 is 1.97 bits per heavy atom. The number of alkyl halides is 3. The highest BCUT2D eigenvalue weighted by Gasteiger charge is 2.35. The number of nitro groups is 1. The first-order valence-corrected chi connectivity index (χ1v) is 11.6. The first kappa shape index (κ1) is 25.7. The summed E-state index contributed by atoms with van der Waals surface area (Å²) < 4.78 is 43.8. The molecule has 194 valence electrons.